The van der Waals surface area contributed by atoms with E-state index in [4.69, 9.17) is 0 Å². The first kappa shape index (κ1) is 12.7. The molecule has 0 amide bonds. The van der Waals surface area contributed by atoms with E-state index in [-0.39, 0.29) is 6.29 Å². The Kier molecular flexibility index (Phi) is 3.16. The summed E-state index contributed by atoms with van der Waals surface area (Å²) in [6.45, 7) is 0. The maximum Gasteiger partial charge on any atom is 0.574 e. The van der Waals surface area contributed by atoms with Crippen molar-refractivity contribution in [3.05, 3.63) is 32.1 Å². The van der Waals surface area contributed by atoms with Gasteiger partial charge in [-0.1, -0.05) is 0 Å². The molecule has 92 valence electrons. The van der Waals surface area contributed by atoms with E-state index >= 15 is 0 Å². The first-order chi connectivity index (χ1) is 7.74. The number of hydrogen-bond donors (Lipinski definition) is 1. The molecule has 10 heteroatoms. The molecule has 0 fully saturated rings. The minimum Gasteiger partial charge on any atom is -0.390 e. The van der Waals surface area contributed by atoms with Crippen molar-refractivity contribution < 1.29 is 27.6 Å². The van der Waals surface area contributed by atoms with Gasteiger partial charge in [-0.3, -0.25) is 24.7 Å². The van der Waals surface area contributed by atoms with E-state index in [1.807, 2.05) is 0 Å². The van der Waals surface area contributed by atoms with Crippen LogP contribution in [0.25, 0.3) is 0 Å². The van der Waals surface area contributed by atoms with Crippen LogP contribution >= 0.6 is 0 Å². The molecule has 1 heterocycles. The Morgan fingerprint density at radius 2 is 2.06 bits per heavy atom. The molecule has 17 heavy (non-hydrogen) atoms. The fourth-order valence-corrected chi connectivity index (χ4v) is 0.978. The van der Waals surface area contributed by atoms with Crippen molar-refractivity contribution in [3.63, 3.8) is 0 Å². The summed E-state index contributed by atoms with van der Waals surface area (Å²) in [5.41, 5.74) is -3.29. The maximum atomic E-state index is 11.8. The van der Waals surface area contributed by atoms with Gasteiger partial charge in [-0.2, -0.15) is 0 Å². The van der Waals surface area contributed by atoms with E-state index in [1.54, 1.807) is 4.98 Å². The van der Waals surface area contributed by atoms with Crippen molar-refractivity contribution in [3.8, 4) is 5.88 Å². The number of alkyl halides is 3. The summed E-state index contributed by atoms with van der Waals surface area (Å²) in [6, 6.07) is 0.304. The lowest BCUT2D eigenvalue weighted by atomic mass is 10.2. The summed E-state index contributed by atoms with van der Waals surface area (Å²) in [5, 5.41) is 10.4. The Balaban J connectivity index is 3.35. The van der Waals surface area contributed by atoms with Gasteiger partial charge < -0.3 is 4.74 Å². The first-order valence-electron chi connectivity index (χ1n) is 3.87. The quantitative estimate of drug-likeness (QED) is 0.491. The van der Waals surface area contributed by atoms with Crippen LogP contribution in [0.5, 0.6) is 5.88 Å². The summed E-state index contributed by atoms with van der Waals surface area (Å²) in [6.07, 6.45) is -5.24. The van der Waals surface area contributed by atoms with Crippen molar-refractivity contribution in [1.82, 2.24) is 4.98 Å². The Hall–Kier alpha value is -2.39. The number of nitro groups is 1. The molecule has 0 spiro atoms. The lowest BCUT2D eigenvalue weighted by molar-refractivity contribution is -0.385. The molecule has 0 atom stereocenters. The molecular weight excluding hydrogens is 249 g/mol. The van der Waals surface area contributed by atoms with Crippen LogP contribution in [0.1, 0.15) is 10.4 Å². The molecule has 0 unspecified atom stereocenters. The highest BCUT2D eigenvalue weighted by molar-refractivity contribution is 5.80. The van der Waals surface area contributed by atoms with Crippen LogP contribution in [-0.2, 0) is 0 Å². The number of rotatable bonds is 3. The van der Waals surface area contributed by atoms with Gasteiger partial charge in [-0.05, 0) is 0 Å². The third-order valence-corrected chi connectivity index (χ3v) is 1.57. The van der Waals surface area contributed by atoms with Gasteiger partial charge in [0.05, 0.1) is 11.0 Å². The minimum atomic E-state index is -5.11. The molecule has 0 bridgehead atoms. The fraction of sp³-hybridized carbons (Fsp3) is 0.143. The number of aromatic nitrogens is 1. The van der Waals surface area contributed by atoms with Crippen LogP contribution in [-0.4, -0.2) is 22.6 Å². The van der Waals surface area contributed by atoms with Gasteiger partial charge in [0.2, 0.25) is 5.88 Å². The summed E-state index contributed by atoms with van der Waals surface area (Å²) in [7, 11) is 0. The highest BCUT2D eigenvalue weighted by Crippen LogP contribution is 2.24. The zero-order chi connectivity index (χ0) is 13.2. The van der Waals surface area contributed by atoms with E-state index in [0.29, 0.717) is 6.07 Å². The van der Waals surface area contributed by atoms with E-state index in [0.717, 1.165) is 0 Å². The fourth-order valence-electron chi connectivity index (χ4n) is 0.978. The Morgan fingerprint density at radius 1 is 1.47 bits per heavy atom. The number of carbonyl (C=O) groups is 1. The predicted molar refractivity (Wildman–Crippen MR) is 45.8 cm³/mol. The van der Waals surface area contributed by atoms with Gasteiger partial charge in [0.25, 0.3) is 11.2 Å². The van der Waals surface area contributed by atoms with E-state index < -0.39 is 34.0 Å². The van der Waals surface area contributed by atoms with Crippen molar-refractivity contribution in [2.24, 2.45) is 0 Å². The second-order valence-electron chi connectivity index (χ2n) is 2.68. The molecular formula is C7H3F3N2O5. The van der Waals surface area contributed by atoms with Crippen LogP contribution in [0.4, 0.5) is 18.9 Å². The average Bonchev–Trinajstić information content (AvgIpc) is 2.13. The summed E-state index contributed by atoms with van der Waals surface area (Å²) in [4.78, 5) is 32.2. The van der Waals surface area contributed by atoms with Crippen LogP contribution < -0.4 is 10.3 Å². The highest BCUT2D eigenvalue weighted by Gasteiger charge is 2.33. The van der Waals surface area contributed by atoms with Gasteiger partial charge in [-0.15, -0.1) is 13.2 Å². The number of aldehydes is 1. The number of carbonyl (C=O) groups excluding carboxylic acids is 1. The third kappa shape index (κ3) is 3.03. The lowest BCUT2D eigenvalue weighted by Crippen LogP contribution is -2.22. The summed E-state index contributed by atoms with van der Waals surface area (Å²) < 4.78 is 38.7. The second kappa shape index (κ2) is 4.23. The number of hydrogen-bond acceptors (Lipinski definition) is 5. The van der Waals surface area contributed by atoms with Crippen molar-refractivity contribution in [2.75, 3.05) is 0 Å². The molecule has 1 N–H and O–H groups in total. The van der Waals surface area contributed by atoms with E-state index in [1.165, 1.54) is 0 Å². The molecule has 7 nitrogen and oxygen atoms in total. The molecule has 0 aliphatic rings. The van der Waals surface area contributed by atoms with E-state index in [9.17, 15) is 32.9 Å². The van der Waals surface area contributed by atoms with Crippen molar-refractivity contribution in [2.45, 2.75) is 6.36 Å². The Labute approximate surface area is 90.0 Å². The molecule has 0 saturated heterocycles. The van der Waals surface area contributed by atoms with Crippen LogP contribution in [0.2, 0.25) is 0 Å². The number of H-pyrrole nitrogens is 1. The van der Waals surface area contributed by atoms with Gasteiger partial charge in [0.1, 0.15) is 0 Å². The predicted octanol–water partition coefficient (Wildman–Crippen LogP) is 0.994. The van der Waals surface area contributed by atoms with Crippen LogP contribution in [0.3, 0.4) is 0 Å². The molecule has 1 rings (SSSR count). The van der Waals surface area contributed by atoms with E-state index in [2.05, 4.69) is 4.74 Å². The van der Waals surface area contributed by atoms with Crippen molar-refractivity contribution in [1.29, 1.82) is 0 Å². The SMILES string of the molecule is O=Cc1c([N+](=O)[O-])cc(OC(F)(F)F)[nH]c1=O. The molecule has 1 aromatic rings. The number of pyridine rings is 1. The first-order valence-corrected chi connectivity index (χ1v) is 3.87. The number of nitrogens with one attached hydrogen (secondary N) is 1. The monoisotopic (exact) mass is 252 g/mol. The lowest BCUT2D eigenvalue weighted by Gasteiger charge is -2.08. The average molecular weight is 252 g/mol. The largest absolute Gasteiger partial charge is 0.574 e. The molecule has 0 aliphatic carbocycles. The summed E-state index contributed by atoms with van der Waals surface area (Å²) in [5.74, 6) is -1.17. The standard InChI is InChI=1S/C7H3F3N2O5/c8-7(9,10)17-5-1-4(12(15)16)3(2-13)6(14)11-5/h1-2H,(H,11,14). The number of halogens is 3. The zero-order valence-corrected chi connectivity index (χ0v) is 7.78. The molecule has 0 radical (unpaired) electrons. The Morgan fingerprint density at radius 3 is 2.47 bits per heavy atom. The smallest absolute Gasteiger partial charge is 0.390 e. The van der Waals surface area contributed by atoms with Gasteiger partial charge in [-0.25, -0.2) is 0 Å². The number of aromatic amines is 1. The van der Waals surface area contributed by atoms with Crippen molar-refractivity contribution >= 4 is 12.0 Å². The Bertz CT molecular complexity index is 521. The van der Waals surface area contributed by atoms with Crippen LogP contribution in [0.15, 0.2) is 10.9 Å². The van der Waals surface area contributed by atoms with Crippen LogP contribution in [0, 0.1) is 10.1 Å². The maximum absolute atomic E-state index is 11.8. The van der Waals surface area contributed by atoms with Gasteiger partial charge in [0, 0.05) is 0 Å². The number of nitrogens with zero attached hydrogens (tertiary/aromatic N) is 1. The molecule has 0 aliphatic heterocycles. The topological polar surface area (TPSA) is 102 Å². The molecule has 0 aromatic carbocycles. The van der Waals surface area contributed by atoms with Gasteiger partial charge in [0.15, 0.2) is 11.8 Å². The molecule has 1 aromatic heterocycles. The highest BCUT2D eigenvalue weighted by atomic mass is 19.4. The van der Waals surface area contributed by atoms with Gasteiger partial charge >= 0.3 is 6.36 Å². The second-order valence-corrected chi connectivity index (χ2v) is 2.68. The molecule has 0 saturated carbocycles. The zero-order valence-electron chi connectivity index (χ0n) is 7.78. The summed E-state index contributed by atoms with van der Waals surface area (Å²) >= 11 is 0. The normalized spacial score (nSPS) is 11.0. The number of ether oxygens (including phenoxy) is 1. The minimum absolute atomic E-state index is 0.131. The third-order valence-electron chi connectivity index (χ3n) is 1.57.